The molecule has 2 aromatic carbocycles. The van der Waals surface area contributed by atoms with Crippen LogP contribution in [0.15, 0.2) is 60.7 Å². The number of amides is 2. The highest BCUT2D eigenvalue weighted by molar-refractivity contribution is 6.01. The van der Waals surface area contributed by atoms with Crippen LogP contribution in [-0.4, -0.2) is 17.9 Å². The van der Waals surface area contributed by atoms with Crippen molar-refractivity contribution in [2.45, 2.75) is 32.9 Å². The van der Waals surface area contributed by atoms with E-state index in [2.05, 4.69) is 5.32 Å². The van der Waals surface area contributed by atoms with Gasteiger partial charge in [0.15, 0.2) is 0 Å². The minimum atomic E-state index is -0.220. The molecule has 1 fully saturated rings. The number of rotatable bonds is 6. The summed E-state index contributed by atoms with van der Waals surface area (Å²) < 4.78 is 0. The summed E-state index contributed by atoms with van der Waals surface area (Å²) in [5, 5.41) is 2.91. The van der Waals surface area contributed by atoms with E-state index >= 15 is 0 Å². The summed E-state index contributed by atoms with van der Waals surface area (Å²) >= 11 is 0. The number of benzene rings is 2. The maximum Gasteiger partial charge on any atom is 0.231 e. The number of para-hydroxylation sites is 1. The van der Waals surface area contributed by atoms with E-state index in [-0.39, 0.29) is 29.7 Å². The molecule has 1 aliphatic carbocycles. The standard InChI is InChI=1S/C21H24N2O2/c1-15(2)22-20(24)18-13-19(18)21(25)23(17-11-7-4-8-12-17)14-16-9-5-3-6-10-16/h3-12,15,18-19H,13-14H2,1-2H3,(H,22,24). The molecule has 0 spiro atoms. The topological polar surface area (TPSA) is 49.4 Å². The molecule has 130 valence electrons. The van der Waals surface area contributed by atoms with Crippen LogP contribution >= 0.6 is 0 Å². The molecule has 1 N–H and O–H groups in total. The van der Waals surface area contributed by atoms with Gasteiger partial charge in [-0.2, -0.15) is 0 Å². The van der Waals surface area contributed by atoms with E-state index in [9.17, 15) is 9.59 Å². The zero-order chi connectivity index (χ0) is 17.8. The molecule has 1 saturated carbocycles. The molecule has 2 amide bonds. The van der Waals surface area contributed by atoms with Crippen molar-refractivity contribution < 1.29 is 9.59 Å². The van der Waals surface area contributed by atoms with Crippen molar-refractivity contribution in [2.24, 2.45) is 11.8 Å². The Kier molecular flexibility index (Phi) is 5.17. The molecule has 2 aromatic rings. The first-order chi connectivity index (χ1) is 12.1. The monoisotopic (exact) mass is 336 g/mol. The SMILES string of the molecule is CC(C)NC(=O)C1CC1C(=O)N(Cc1ccccc1)c1ccccc1. The Morgan fingerprint density at radius 2 is 1.60 bits per heavy atom. The van der Waals surface area contributed by atoms with Crippen molar-refractivity contribution in [2.75, 3.05) is 4.90 Å². The number of anilines is 1. The quantitative estimate of drug-likeness (QED) is 0.879. The number of carbonyl (C=O) groups is 2. The molecule has 2 atom stereocenters. The molecule has 0 saturated heterocycles. The first-order valence-electron chi connectivity index (χ1n) is 8.77. The van der Waals surface area contributed by atoms with Gasteiger partial charge in [0, 0.05) is 11.7 Å². The van der Waals surface area contributed by atoms with Crippen LogP contribution in [-0.2, 0) is 16.1 Å². The molecule has 0 aliphatic heterocycles. The number of nitrogens with zero attached hydrogens (tertiary/aromatic N) is 1. The van der Waals surface area contributed by atoms with Gasteiger partial charge in [0.05, 0.1) is 18.4 Å². The summed E-state index contributed by atoms with van der Waals surface area (Å²) in [6, 6.07) is 19.7. The predicted octanol–water partition coefficient (Wildman–Crippen LogP) is 3.38. The minimum Gasteiger partial charge on any atom is -0.354 e. The van der Waals surface area contributed by atoms with E-state index < -0.39 is 0 Å². The van der Waals surface area contributed by atoms with Gasteiger partial charge in [-0.25, -0.2) is 0 Å². The third kappa shape index (κ3) is 4.27. The predicted molar refractivity (Wildman–Crippen MR) is 98.9 cm³/mol. The first kappa shape index (κ1) is 17.2. The lowest BCUT2D eigenvalue weighted by Crippen LogP contribution is -2.35. The number of nitrogens with one attached hydrogen (secondary N) is 1. The summed E-state index contributed by atoms with van der Waals surface area (Å²) in [5.74, 6) is -0.403. The third-order valence-corrected chi connectivity index (χ3v) is 4.39. The van der Waals surface area contributed by atoms with E-state index in [1.165, 1.54) is 0 Å². The lowest BCUT2D eigenvalue weighted by atomic mass is 10.1. The smallest absolute Gasteiger partial charge is 0.231 e. The fourth-order valence-corrected chi connectivity index (χ4v) is 3.02. The molecule has 0 radical (unpaired) electrons. The first-order valence-corrected chi connectivity index (χ1v) is 8.77. The minimum absolute atomic E-state index is 0.0129. The van der Waals surface area contributed by atoms with Gasteiger partial charge in [-0.15, -0.1) is 0 Å². The largest absolute Gasteiger partial charge is 0.354 e. The van der Waals surface area contributed by atoms with Crippen LogP contribution in [0.4, 0.5) is 5.69 Å². The van der Waals surface area contributed by atoms with Crippen molar-refractivity contribution in [1.29, 1.82) is 0 Å². The Morgan fingerprint density at radius 1 is 1.00 bits per heavy atom. The van der Waals surface area contributed by atoms with Crippen LogP contribution < -0.4 is 10.2 Å². The summed E-state index contributed by atoms with van der Waals surface area (Å²) in [7, 11) is 0. The average molecular weight is 336 g/mol. The molecule has 2 unspecified atom stereocenters. The second kappa shape index (κ2) is 7.51. The second-order valence-corrected chi connectivity index (χ2v) is 6.86. The highest BCUT2D eigenvalue weighted by Gasteiger charge is 2.49. The van der Waals surface area contributed by atoms with Crippen LogP contribution in [0.5, 0.6) is 0 Å². The van der Waals surface area contributed by atoms with Crippen LogP contribution in [0.2, 0.25) is 0 Å². The van der Waals surface area contributed by atoms with Crippen molar-refractivity contribution >= 4 is 17.5 Å². The van der Waals surface area contributed by atoms with E-state index in [1.54, 1.807) is 4.90 Å². The van der Waals surface area contributed by atoms with Gasteiger partial charge >= 0.3 is 0 Å². The second-order valence-electron chi connectivity index (χ2n) is 6.86. The summed E-state index contributed by atoms with van der Waals surface area (Å²) in [4.78, 5) is 27.0. The summed E-state index contributed by atoms with van der Waals surface area (Å²) in [6.07, 6.45) is 0.634. The van der Waals surface area contributed by atoms with Crippen molar-refractivity contribution in [3.05, 3.63) is 66.2 Å². The highest BCUT2D eigenvalue weighted by Crippen LogP contribution is 2.41. The van der Waals surface area contributed by atoms with Crippen LogP contribution in [0.1, 0.15) is 25.8 Å². The van der Waals surface area contributed by atoms with E-state index in [0.29, 0.717) is 13.0 Å². The fraction of sp³-hybridized carbons (Fsp3) is 0.333. The van der Waals surface area contributed by atoms with Gasteiger partial charge in [-0.05, 0) is 38.0 Å². The normalized spacial score (nSPS) is 18.7. The van der Waals surface area contributed by atoms with Gasteiger partial charge in [-0.3, -0.25) is 9.59 Å². The number of carbonyl (C=O) groups excluding carboxylic acids is 2. The Bertz CT molecular complexity index is 728. The van der Waals surface area contributed by atoms with Gasteiger partial charge in [-0.1, -0.05) is 48.5 Å². The molecular formula is C21H24N2O2. The zero-order valence-corrected chi connectivity index (χ0v) is 14.7. The molecular weight excluding hydrogens is 312 g/mol. The molecule has 0 aromatic heterocycles. The molecule has 4 heteroatoms. The van der Waals surface area contributed by atoms with Crippen molar-refractivity contribution in [3.8, 4) is 0 Å². The lowest BCUT2D eigenvalue weighted by Gasteiger charge is -2.23. The molecule has 4 nitrogen and oxygen atoms in total. The maximum absolute atomic E-state index is 13.1. The Morgan fingerprint density at radius 3 is 2.20 bits per heavy atom. The number of hydrogen-bond donors (Lipinski definition) is 1. The third-order valence-electron chi connectivity index (χ3n) is 4.39. The van der Waals surface area contributed by atoms with Crippen LogP contribution in [0, 0.1) is 11.8 Å². The van der Waals surface area contributed by atoms with Gasteiger partial charge in [0.1, 0.15) is 0 Å². The van der Waals surface area contributed by atoms with Crippen molar-refractivity contribution in [1.82, 2.24) is 5.32 Å². The zero-order valence-electron chi connectivity index (χ0n) is 14.7. The van der Waals surface area contributed by atoms with Crippen LogP contribution in [0.25, 0.3) is 0 Å². The molecule has 1 aliphatic rings. The average Bonchev–Trinajstić information content (AvgIpc) is 3.41. The Balaban J connectivity index is 1.76. The molecule has 3 rings (SSSR count). The van der Waals surface area contributed by atoms with E-state index in [1.807, 2.05) is 74.5 Å². The summed E-state index contributed by atoms with van der Waals surface area (Å²) in [5.41, 5.74) is 1.94. The Labute approximate surface area is 148 Å². The maximum atomic E-state index is 13.1. The fourth-order valence-electron chi connectivity index (χ4n) is 3.02. The van der Waals surface area contributed by atoms with Gasteiger partial charge in [0.25, 0.3) is 0 Å². The highest BCUT2D eigenvalue weighted by atomic mass is 16.2. The lowest BCUT2D eigenvalue weighted by molar-refractivity contribution is -0.126. The Hall–Kier alpha value is -2.62. The van der Waals surface area contributed by atoms with E-state index in [4.69, 9.17) is 0 Å². The molecule has 0 bridgehead atoms. The van der Waals surface area contributed by atoms with Gasteiger partial charge < -0.3 is 10.2 Å². The number of hydrogen-bond acceptors (Lipinski definition) is 2. The van der Waals surface area contributed by atoms with Crippen molar-refractivity contribution in [3.63, 3.8) is 0 Å². The van der Waals surface area contributed by atoms with Gasteiger partial charge in [0.2, 0.25) is 11.8 Å². The summed E-state index contributed by atoms with van der Waals surface area (Å²) in [6.45, 7) is 4.38. The van der Waals surface area contributed by atoms with Crippen LogP contribution in [0.3, 0.4) is 0 Å². The molecule has 25 heavy (non-hydrogen) atoms. The van der Waals surface area contributed by atoms with E-state index in [0.717, 1.165) is 11.3 Å². The molecule has 0 heterocycles.